The summed E-state index contributed by atoms with van der Waals surface area (Å²) in [5.74, 6) is 0. The summed E-state index contributed by atoms with van der Waals surface area (Å²) in [5, 5.41) is 11.2. The molecule has 0 radical (unpaired) electrons. The van der Waals surface area contributed by atoms with Crippen molar-refractivity contribution in [1.29, 1.82) is 5.26 Å². The molecule has 0 unspecified atom stereocenters. The van der Waals surface area contributed by atoms with E-state index in [1.54, 1.807) is 6.20 Å². The molecule has 3 heterocycles. The lowest BCUT2D eigenvalue weighted by Crippen LogP contribution is -1.87. The summed E-state index contributed by atoms with van der Waals surface area (Å²) in [6, 6.07) is 13.8. The number of pyridine rings is 1. The molecule has 4 rings (SSSR count). The van der Waals surface area contributed by atoms with Crippen LogP contribution in [0.1, 0.15) is 11.1 Å². The van der Waals surface area contributed by atoms with E-state index in [-0.39, 0.29) is 0 Å². The molecule has 0 fully saturated rings. The van der Waals surface area contributed by atoms with Crippen molar-refractivity contribution in [2.75, 3.05) is 0 Å². The highest BCUT2D eigenvalue weighted by atomic mass is 35.5. The van der Waals surface area contributed by atoms with Gasteiger partial charge < -0.3 is 9.97 Å². The fourth-order valence-electron chi connectivity index (χ4n) is 2.96. The third-order valence-electron chi connectivity index (χ3n) is 4.16. The molecule has 4 aromatic rings. The van der Waals surface area contributed by atoms with Crippen LogP contribution in [0.2, 0.25) is 5.02 Å². The van der Waals surface area contributed by atoms with Crippen LogP contribution in [0.25, 0.3) is 33.5 Å². The van der Waals surface area contributed by atoms with Crippen molar-refractivity contribution < 1.29 is 0 Å². The molecule has 0 aliphatic carbocycles. The van der Waals surface area contributed by atoms with Gasteiger partial charge in [0.05, 0.1) is 11.3 Å². The molecule has 4 nitrogen and oxygen atoms in total. The van der Waals surface area contributed by atoms with Crippen LogP contribution in [0.3, 0.4) is 0 Å². The summed E-state index contributed by atoms with van der Waals surface area (Å²) in [7, 11) is 0. The second-order valence-corrected chi connectivity index (χ2v) is 6.08. The maximum atomic E-state index is 9.55. The van der Waals surface area contributed by atoms with Gasteiger partial charge in [-0.25, -0.2) is 4.98 Å². The topological polar surface area (TPSA) is 68.3 Å². The Kier molecular flexibility index (Phi) is 3.37. The van der Waals surface area contributed by atoms with E-state index in [0.717, 1.165) is 39.1 Å². The number of aryl methyl sites for hydroxylation is 1. The number of nitriles is 1. The zero-order chi connectivity index (χ0) is 16.7. The van der Waals surface area contributed by atoms with Crippen molar-refractivity contribution >= 4 is 22.6 Å². The quantitative estimate of drug-likeness (QED) is 0.538. The fraction of sp³-hybridized carbons (Fsp3) is 0.0526. The molecule has 3 aromatic heterocycles. The average molecular weight is 333 g/mol. The van der Waals surface area contributed by atoms with E-state index in [1.165, 1.54) is 0 Å². The number of fused-ring (bicyclic) bond motifs is 1. The average Bonchev–Trinajstić information content (AvgIpc) is 3.23. The van der Waals surface area contributed by atoms with Crippen molar-refractivity contribution in [1.82, 2.24) is 15.0 Å². The number of rotatable bonds is 2. The molecule has 0 amide bonds. The molecule has 0 saturated carbocycles. The van der Waals surface area contributed by atoms with E-state index in [9.17, 15) is 5.26 Å². The zero-order valence-electron chi connectivity index (χ0n) is 12.9. The molecular weight excluding hydrogens is 320 g/mol. The van der Waals surface area contributed by atoms with Gasteiger partial charge in [-0.2, -0.15) is 5.26 Å². The van der Waals surface area contributed by atoms with Crippen LogP contribution in [0, 0.1) is 18.3 Å². The Morgan fingerprint density at radius 1 is 1.12 bits per heavy atom. The summed E-state index contributed by atoms with van der Waals surface area (Å²) < 4.78 is 0. The summed E-state index contributed by atoms with van der Waals surface area (Å²) in [4.78, 5) is 10.8. The standard InChI is InChI=1S/C19H13ClN4/c1-11-2-3-13(20)9-16(11)18-12(10-21)8-17(24-18)14-4-6-22-19-15(14)5-7-23-19/h2-9,24H,1H3,(H,22,23). The Labute approximate surface area is 143 Å². The van der Waals surface area contributed by atoms with Gasteiger partial charge in [-0.15, -0.1) is 0 Å². The van der Waals surface area contributed by atoms with Gasteiger partial charge in [0, 0.05) is 39.6 Å². The third kappa shape index (κ3) is 2.27. The van der Waals surface area contributed by atoms with Crippen molar-refractivity contribution in [2.45, 2.75) is 6.92 Å². The predicted octanol–water partition coefficient (Wildman–Crippen LogP) is 5.06. The monoisotopic (exact) mass is 332 g/mol. The van der Waals surface area contributed by atoms with Crippen LogP contribution in [-0.4, -0.2) is 15.0 Å². The van der Waals surface area contributed by atoms with E-state index in [1.807, 2.05) is 49.5 Å². The Hall–Kier alpha value is -3.03. The molecule has 0 aliphatic heterocycles. The molecule has 0 atom stereocenters. The van der Waals surface area contributed by atoms with E-state index in [4.69, 9.17) is 11.6 Å². The number of hydrogen-bond acceptors (Lipinski definition) is 2. The highest BCUT2D eigenvalue weighted by Crippen LogP contribution is 2.34. The smallest absolute Gasteiger partial charge is 0.137 e. The van der Waals surface area contributed by atoms with Gasteiger partial charge in [0.25, 0.3) is 0 Å². The summed E-state index contributed by atoms with van der Waals surface area (Å²) in [6.45, 7) is 2.00. The zero-order valence-corrected chi connectivity index (χ0v) is 13.6. The maximum absolute atomic E-state index is 9.55. The lowest BCUT2D eigenvalue weighted by atomic mass is 10.0. The van der Waals surface area contributed by atoms with E-state index in [2.05, 4.69) is 21.0 Å². The first kappa shape index (κ1) is 14.6. The molecule has 2 N–H and O–H groups in total. The van der Waals surface area contributed by atoms with Gasteiger partial charge in [0.15, 0.2) is 0 Å². The molecule has 0 spiro atoms. The Balaban J connectivity index is 1.95. The number of halogens is 1. The fourth-order valence-corrected chi connectivity index (χ4v) is 3.13. The molecule has 5 heteroatoms. The molecule has 0 aliphatic rings. The first-order chi connectivity index (χ1) is 11.7. The van der Waals surface area contributed by atoms with Crippen molar-refractivity contribution in [3.05, 3.63) is 64.9 Å². The number of nitrogens with one attached hydrogen (secondary N) is 2. The second kappa shape index (κ2) is 5.55. The first-order valence-corrected chi connectivity index (χ1v) is 7.87. The maximum Gasteiger partial charge on any atom is 0.137 e. The normalized spacial score (nSPS) is 10.9. The van der Waals surface area contributed by atoms with Gasteiger partial charge in [0.1, 0.15) is 11.7 Å². The Bertz CT molecular complexity index is 1100. The third-order valence-corrected chi connectivity index (χ3v) is 4.39. The van der Waals surface area contributed by atoms with Gasteiger partial charge in [-0.05, 0) is 42.8 Å². The van der Waals surface area contributed by atoms with Gasteiger partial charge in [0.2, 0.25) is 0 Å². The van der Waals surface area contributed by atoms with E-state index in [0.29, 0.717) is 10.6 Å². The minimum Gasteiger partial charge on any atom is -0.353 e. The molecule has 0 saturated heterocycles. The van der Waals surface area contributed by atoms with Gasteiger partial charge in [-0.3, -0.25) is 0 Å². The van der Waals surface area contributed by atoms with Crippen LogP contribution in [0.4, 0.5) is 0 Å². The molecular formula is C19H13ClN4. The largest absolute Gasteiger partial charge is 0.353 e. The van der Waals surface area contributed by atoms with Gasteiger partial charge >= 0.3 is 0 Å². The minimum atomic E-state index is 0.593. The Morgan fingerprint density at radius 2 is 2.00 bits per heavy atom. The number of aromatic nitrogens is 3. The molecule has 116 valence electrons. The first-order valence-electron chi connectivity index (χ1n) is 7.49. The molecule has 0 bridgehead atoms. The second-order valence-electron chi connectivity index (χ2n) is 5.64. The number of H-pyrrole nitrogens is 2. The lowest BCUT2D eigenvalue weighted by Gasteiger charge is -2.05. The summed E-state index contributed by atoms with van der Waals surface area (Å²) in [6.07, 6.45) is 3.61. The minimum absolute atomic E-state index is 0.593. The van der Waals surface area contributed by atoms with Crippen LogP contribution in [0.15, 0.2) is 48.8 Å². The molecule has 1 aromatic carbocycles. The van der Waals surface area contributed by atoms with Crippen LogP contribution >= 0.6 is 11.6 Å². The van der Waals surface area contributed by atoms with Gasteiger partial charge in [-0.1, -0.05) is 17.7 Å². The lowest BCUT2D eigenvalue weighted by molar-refractivity contribution is 1.32. The van der Waals surface area contributed by atoms with Crippen molar-refractivity contribution in [3.8, 4) is 28.6 Å². The predicted molar refractivity (Wildman–Crippen MR) is 95.8 cm³/mol. The Morgan fingerprint density at radius 3 is 2.83 bits per heavy atom. The number of nitrogens with zero attached hydrogens (tertiary/aromatic N) is 2. The number of hydrogen-bond donors (Lipinski definition) is 2. The van der Waals surface area contributed by atoms with Crippen LogP contribution < -0.4 is 0 Å². The van der Waals surface area contributed by atoms with Crippen LogP contribution in [-0.2, 0) is 0 Å². The SMILES string of the molecule is Cc1ccc(Cl)cc1-c1[nH]c(-c2ccnc3[nH]ccc23)cc1C#N. The van der Waals surface area contributed by atoms with Crippen molar-refractivity contribution in [3.63, 3.8) is 0 Å². The van der Waals surface area contributed by atoms with E-state index >= 15 is 0 Å². The number of aromatic amines is 2. The molecule has 24 heavy (non-hydrogen) atoms. The summed E-state index contributed by atoms with van der Waals surface area (Å²) >= 11 is 6.14. The van der Waals surface area contributed by atoms with E-state index < -0.39 is 0 Å². The van der Waals surface area contributed by atoms with Crippen LogP contribution in [0.5, 0.6) is 0 Å². The summed E-state index contributed by atoms with van der Waals surface area (Å²) in [5.41, 5.74) is 6.08. The highest BCUT2D eigenvalue weighted by molar-refractivity contribution is 6.30. The van der Waals surface area contributed by atoms with Crippen molar-refractivity contribution in [2.24, 2.45) is 0 Å². The number of benzene rings is 1. The highest BCUT2D eigenvalue weighted by Gasteiger charge is 2.15.